The average Bonchev–Trinajstić information content (AvgIpc) is 3.07. The number of nitrogens with zero attached hydrogens (tertiary/aromatic N) is 3. The number of non-ortho nitro benzene ring substituents is 1. The van der Waals surface area contributed by atoms with Gasteiger partial charge in [0.25, 0.3) is 11.6 Å². The van der Waals surface area contributed by atoms with Crippen LogP contribution >= 0.6 is 11.3 Å². The number of benzene rings is 2. The molecule has 29 heavy (non-hydrogen) atoms. The van der Waals surface area contributed by atoms with Gasteiger partial charge in [-0.3, -0.25) is 14.9 Å². The predicted octanol–water partition coefficient (Wildman–Crippen LogP) is 2.79. The molecule has 3 aromatic rings. The van der Waals surface area contributed by atoms with E-state index >= 15 is 0 Å². The van der Waals surface area contributed by atoms with Crippen LogP contribution in [0, 0.1) is 10.1 Å². The Balaban J connectivity index is 2.04. The molecule has 9 nitrogen and oxygen atoms in total. The molecule has 0 radical (unpaired) electrons. The molecule has 1 aromatic heterocycles. The molecule has 10 heteroatoms. The summed E-state index contributed by atoms with van der Waals surface area (Å²) in [6.45, 7) is 0.731. The molecule has 1 heterocycles. The van der Waals surface area contributed by atoms with E-state index in [1.807, 2.05) is 0 Å². The van der Waals surface area contributed by atoms with Gasteiger partial charge in [0.2, 0.25) is 0 Å². The van der Waals surface area contributed by atoms with E-state index in [0.29, 0.717) is 34.6 Å². The summed E-state index contributed by atoms with van der Waals surface area (Å²) in [5.41, 5.74) is 1.19. The molecule has 0 aliphatic heterocycles. The van der Waals surface area contributed by atoms with Crippen molar-refractivity contribution in [2.24, 2.45) is 4.99 Å². The summed E-state index contributed by atoms with van der Waals surface area (Å²) in [5.74, 6) is -0.988. The minimum absolute atomic E-state index is 0.0438. The van der Waals surface area contributed by atoms with Crippen molar-refractivity contribution >= 4 is 39.1 Å². The highest BCUT2D eigenvalue weighted by molar-refractivity contribution is 7.16. The molecule has 1 amide bonds. The molecule has 0 aliphatic rings. The molecule has 0 spiro atoms. The van der Waals surface area contributed by atoms with E-state index in [2.05, 4.69) is 9.73 Å². The molecule has 2 aromatic carbocycles. The lowest BCUT2D eigenvalue weighted by atomic mass is 10.1. The zero-order chi connectivity index (χ0) is 21.0. The van der Waals surface area contributed by atoms with Gasteiger partial charge in [0.1, 0.15) is 0 Å². The summed E-state index contributed by atoms with van der Waals surface area (Å²) < 4.78 is 12.2. The molecule has 3 rings (SSSR count). The van der Waals surface area contributed by atoms with Gasteiger partial charge in [0.05, 0.1) is 34.4 Å². The normalized spacial score (nSPS) is 11.6. The topological polar surface area (TPSA) is 113 Å². The standard InChI is InChI=1S/C19H17N3O6S/c1-27-10-9-21-15-11-14(22(25)26)7-8-16(15)29-19(21)20-17(23)12-3-5-13(6-4-12)18(24)28-2/h3-8,11H,9-10H2,1-2H3. The van der Waals surface area contributed by atoms with E-state index in [0.717, 1.165) is 4.70 Å². The van der Waals surface area contributed by atoms with Gasteiger partial charge in [-0.1, -0.05) is 11.3 Å². The zero-order valence-electron chi connectivity index (χ0n) is 15.7. The van der Waals surface area contributed by atoms with E-state index in [1.165, 1.54) is 54.8 Å². The Hall–Kier alpha value is -3.37. The molecule has 0 saturated heterocycles. The number of carbonyl (C=O) groups is 2. The smallest absolute Gasteiger partial charge is 0.337 e. The Morgan fingerprint density at radius 2 is 1.83 bits per heavy atom. The number of methoxy groups -OCH3 is 2. The Morgan fingerprint density at radius 3 is 2.45 bits per heavy atom. The Morgan fingerprint density at radius 1 is 1.14 bits per heavy atom. The molecule has 0 bridgehead atoms. The largest absolute Gasteiger partial charge is 0.465 e. The van der Waals surface area contributed by atoms with E-state index < -0.39 is 16.8 Å². The number of nitro benzene ring substituents is 1. The quantitative estimate of drug-likeness (QED) is 0.348. The molecule has 150 valence electrons. The van der Waals surface area contributed by atoms with Gasteiger partial charge >= 0.3 is 5.97 Å². The Bertz CT molecular complexity index is 1150. The number of hydrogen-bond donors (Lipinski definition) is 0. The van der Waals surface area contributed by atoms with Gasteiger partial charge in [-0.2, -0.15) is 4.99 Å². The third-order valence-corrected chi connectivity index (χ3v) is 5.20. The first-order valence-electron chi connectivity index (χ1n) is 8.48. The second-order valence-corrected chi connectivity index (χ2v) is 6.93. The van der Waals surface area contributed by atoms with E-state index in [-0.39, 0.29) is 5.69 Å². The van der Waals surface area contributed by atoms with Crippen molar-refractivity contribution in [3.8, 4) is 0 Å². The number of rotatable bonds is 6. The van der Waals surface area contributed by atoms with Gasteiger partial charge < -0.3 is 14.0 Å². The van der Waals surface area contributed by atoms with Crippen LogP contribution in [0.2, 0.25) is 0 Å². The number of carbonyl (C=O) groups excluding carboxylic acids is 2. The van der Waals surface area contributed by atoms with Crippen LogP contribution in [0.25, 0.3) is 10.2 Å². The van der Waals surface area contributed by atoms with Crippen molar-refractivity contribution in [1.29, 1.82) is 0 Å². The minimum atomic E-state index is -0.496. The second-order valence-electron chi connectivity index (χ2n) is 5.92. The molecule has 0 unspecified atom stereocenters. The van der Waals surface area contributed by atoms with Crippen LogP contribution in [-0.2, 0) is 16.0 Å². The number of esters is 1. The van der Waals surface area contributed by atoms with Crippen molar-refractivity contribution in [3.05, 3.63) is 68.5 Å². The number of fused-ring (bicyclic) bond motifs is 1. The van der Waals surface area contributed by atoms with E-state index in [1.54, 1.807) is 17.7 Å². The van der Waals surface area contributed by atoms with Gasteiger partial charge in [-0.15, -0.1) is 0 Å². The number of thiazole rings is 1. The summed E-state index contributed by atoms with van der Waals surface area (Å²) in [6.07, 6.45) is 0. The Labute approximate surface area is 169 Å². The first-order chi connectivity index (χ1) is 13.9. The highest BCUT2D eigenvalue weighted by atomic mass is 32.1. The summed E-state index contributed by atoms with van der Waals surface area (Å²) >= 11 is 1.25. The number of nitro groups is 1. The number of ether oxygens (including phenoxy) is 2. The predicted molar refractivity (Wildman–Crippen MR) is 106 cm³/mol. The van der Waals surface area contributed by atoms with E-state index in [9.17, 15) is 19.7 Å². The molecule has 0 aliphatic carbocycles. The molecule has 0 atom stereocenters. The zero-order valence-corrected chi connectivity index (χ0v) is 16.5. The van der Waals surface area contributed by atoms with Gasteiger partial charge in [-0.05, 0) is 30.3 Å². The van der Waals surface area contributed by atoms with Crippen LogP contribution in [0.15, 0.2) is 47.5 Å². The summed E-state index contributed by atoms with van der Waals surface area (Å²) in [6, 6.07) is 10.5. The van der Waals surface area contributed by atoms with Gasteiger partial charge in [-0.25, -0.2) is 4.79 Å². The van der Waals surface area contributed by atoms with E-state index in [4.69, 9.17) is 4.74 Å². The Kier molecular flexibility index (Phi) is 6.15. The second kappa shape index (κ2) is 8.76. The van der Waals surface area contributed by atoms with Gasteiger partial charge in [0, 0.05) is 31.4 Å². The summed E-state index contributed by atoms with van der Waals surface area (Å²) in [7, 11) is 2.82. The maximum atomic E-state index is 12.6. The van der Waals surface area contributed by atoms with Crippen LogP contribution in [0.4, 0.5) is 5.69 Å². The highest BCUT2D eigenvalue weighted by Gasteiger charge is 2.14. The van der Waals surface area contributed by atoms with Crippen molar-refractivity contribution in [3.63, 3.8) is 0 Å². The highest BCUT2D eigenvalue weighted by Crippen LogP contribution is 2.23. The van der Waals surface area contributed by atoms with Crippen LogP contribution in [0.3, 0.4) is 0 Å². The third-order valence-electron chi connectivity index (χ3n) is 4.15. The number of hydrogen-bond acceptors (Lipinski definition) is 7. The maximum absolute atomic E-state index is 12.6. The molecule has 0 N–H and O–H groups in total. The first kappa shape index (κ1) is 20.4. The maximum Gasteiger partial charge on any atom is 0.337 e. The number of aromatic nitrogens is 1. The molecule has 0 saturated carbocycles. The first-order valence-corrected chi connectivity index (χ1v) is 9.30. The van der Waals surface area contributed by atoms with Gasteiger partial charge in [0.15, 0.2) is 4.80 Å². The fourth-order valence-electron chi connectivity index (χ4n) is 2.67. The number of amides is 1. The van der Waals surface area contributed by atoms with Crippen molar-refractivity contribution in [2.75, 3.05) is 20.8 Å². The van der Waals surface area contributed by atoms with Crippen LogP contribution in [0.5, 0.6) is 0 Å². The summed E-state index contributed by atoms with van der Waals surface area (Å²) in [4.78, 5) is 39.4. The van der Waals surface area contributed by atoms with Crippen LogP contribution < -0.4 is 4.80 Å². The monoisotopic (exact) mass is 415 g/mol. The minimum Gasteiger partial charge on any atom is -0.465 e. The van der Waals surface area contributed by atoms with Crippen LogP contribution in [-0.4, -0.2) is 42.2 Å². The fourth-order valence-corrected chi connectivity index (χ4v) is 3.71. The lowest BCUT2D eigenvalue weighted by molar-refractivity contribution is -0.384. The molecule has 0 fully saturated rings. The fraction of sp³-hybridized carbons (Fsp3) is 0.211. The summed E-state index contributed by atoms with van der Waals surface area (Å²) in [5, 5.41) is 11.1. The average molecular weight is 415 g/mol. The lowest BCUT2D eigenvalue weighted by Gasteiger charge is -2.04. The van der Waals surface area contributed by atoms with Crippen molar-refractivity contribution in [2.45, 2.75) is 6.54 Å². The van der Waals surface area contributed by atoms with Crippen LogP contribution in [0.1, 0.15) is 20.7 Å². The lowest BCUT2D eigenvalue weighted by Crippen LogP contribution is -2.19. The van der Waals surface area contributed by atoms with Crippen molar-refractivity contribution in [1.82, 2.24) is 4.57 Å². The molecular weight excluding hydrogens is 398 g/mol. The SMILES string of the molecule is COCCn1c(=NC(=O)c2ccc(C(=O)OC)cc2)sc2ccc([N+](=O)[O-])cc21. The molecular formula is C19H17N3O6S. The third kappa shape index (κ3) is 4.39. The van der Waals surface area contributed by atoms with Crippen molar-refractivity contribution < 1.29 is 24.0 Å².